The first-order valence-electron chi connectivity index (χ1n) is 13.7. The highest BCUT2D eigenvalue weighted by Crippen LogP contribution is 2.44. The Hall–Kier alpha value is -0.340. The molecule has 0 aromatic heterocycles. The average Bonchev–Trinajstić information content (AvgIpc) is 3.48. The van der Waals surface area contributed by atoms with Crippen molar-refractivity contribution in [3.63, 3.8) is 0 Å². The summed E-state index contributed by atoms with van der Waals surface area (Å²) in [6.45, 7) is 2.43. The van der Waals surface area contributed by atoms with E-state index in [0.717, 1.165) is 62.2 Å². The second-order valence-corrected chi connectivity index (χ2v) is 11.2. The Kier molecular flexibility index (Phi) is 10.7. The van der Waals surface area contributed by atoms with Crippen LogP contribution in [0.2, 0.25) is 0 Å². The minimum Gasteiger partial charge on any atom is -0.393 e. The zero-order chi connectivity index (χ0) is 21.2. The Labute approximate surface area is 186 Å². The molecule has 3 aliphatic carbocycles. The number of allylic oxidation sites excluding steroid dienone is 2. The second-order valence-electron chi connectivity index (χ2n) is 11.2. The molecule has 3 aliphatic rings. The van der Waals surface area contributed by atoms with Crippen molar-refractivity contribution in [3.05, 3.63) is 11.6 Å². The number of hydrogen-bond donors (Lipinski definition) is 2. The Morgan fingerprint density at radius 2 is 1.47 bits per heavy atom. The minimum absolute atomic E-state index is 0.158. The first-order chi connectivity index (χ1) is 14.6. The first-order valence-corrected chi connectivity index (χ1v) is 13.7. The molecular formula is C28H50O2. The van der Waals surface area contributed by atoms with E-state index in [1.165, 1.54) is 83.5 Å². The highest BCUT2D eigenvalue weighted by Gasteiger charge is 2.32. The van der Waals surface area contributed by atoms with Crippen LogP contribution in [-0.4, -0.2) is 22.4 Å². The van der Waals surface area contributed by atoms with Gasteiger partial charge in [0.15, 0.2) is 0 Å². The molecule has 30 heavy (non-hydrogen) atoms. The number of aliphatic hydroxyl groups is 2. The summed E-state index contributed by atoms with van der Waals surface area (Å²) in [7, 11) is 0. The van der Waals surface area contributed by atoms with Crippen LogP contribution in [0.1, 0.15) is 129 Å². The van der Waals surface area contributed by atoms with E-state index in [9.17, 15) is 10.2 Å². The van der Waals surface area contributed by atoms with Gasteiger partial charge in [-0.15, -0.1) is 0 Å². The fourth-order valence-corrected chi connectivity index (χ4v) is 6.14. The van der Waals surface area contributed by atoms with Crippen LogP contribution in [0.15, 0.2) is 11.6 Å². The molecule has 0 aromatic carbocycles. The molecule has 2 saturated carbocycles. The van der Waals surface area contributed by atoms with Gasteiger partial charge < -0.3 is 10.2 Å². The fourth-order valence-electron chi connectivity index (χ4n) is 6.14. The van der Waals surface area contributed by atoms with Gasteiger partial charge in [0.2, 0.25) is 0 Å². The largest absolute Gasteiger partial charge is 0.393 e. The van der Waals surface area contributed by atoms with Gasteiger partial charge in [-0.2, -0.15) is 0 Å². The normalized spacial score (nSPS) is 29.0. The summed E-state index contributed by atoms with van der Waals surface area (Å²) in [5, 5.41) is 20.5. The van der Waals surface area contributed by atoms with Crippen LogP contribution in [-0.2, 0) is 0 Å². The first kappa shape index (κ1) is 24.3. The zero-order valence-electron chi connectivity index (χ0n) is 19.9. The third-order valence-corrected chi connectivity index (χ3v) is 8.49. The van der Waals surface area contributed by atoms with E-state index in [0.29, 0.717) is 0 Å². The van der Waals surface area contributed by atoms with Crippen molar-refractivity contribution in [3.8, 4) is 0 Å². The zero-order valence-corrected chi connectivity index (χ0v) is 19.9. The number of rotatable bonds is 15. The molecule has 0 saturated heterocycles. The van der Waals surface area contributed by atoms with Crippen LogP contribution in [0.5, 0.6) is 0 Å². The van der Waals surface area contributed by atoms with Gasteiger partial charge in [-0.05, 0) is 94.3 Å². The van der Waals surface area contributed by atoms with E-state index in [-0.39, 0.29) is 12.2 Å². The third kappa shape index (κ3) is 9.03. The number of hydrogen-bond acceptors (Lipinski definition) is 2. The van der Waals surface area contributed by atoms with E-state index in [1.54, 1.807) is 5.57 Å². The van der Waals surface area contributed by atoms with Gasteiger partial charge >= 0.3 is 0 Å². The van der Waals surface area contributed by atoms with Crippen molar-refractivity contribution >= 4 is 0 Å². The molecule has 2 heteroatoms. The van der Waals surface area contributed by atoms with E-state index in [2.05, 4.69) is 13.0 Å². The van der Waals surface area contributed by atoms with Crippen molar-refractivity contribution < 1.29 is 10.2 Å². The Morgan fingerprint density at radius 1 is 0.800 bits per heavy atom. The summed E-state index contributed by atoms with van der Waals surface area (Å²) >= 11 is 0. The molecule has 0 aliphatic heterocycles. The standard InChI is InChI=1S/C28H50O2/c1-22-9-2-4-11-24(22)12-5-7-14-28(30)16-8-15-27(29)13-6-3-10-23-17-18-26(21-23)25-19-20-25/h21-22,24-30H,2-20H2,1H3. The lowest BCUT2D eigenvalue weighted by molar-refractivity contribution is 0.120. The minimum atomic E-state index is -0.165. The van der Waals surface area contributed by atoms with Gasteiger partial charge in [0.25, 0.3) is 0 Å². The van der Waals surface area contributed by atoms with Gasteiger partial charge in [-0.1, -0.05) is 69.9 Å². The monoisotopic (exact) mass is 418 g/mol. The third-order valence-electron chi connectivity index (χ3n) is 8.49. The fraction of sp³-hybridized carbons (Fsp3) is 0.929. The predicted molar refractivity (Wildman–Crippen MR) is 127 cm³/mol. The maximum Gasteiger partial charge on any atom is 0.0540 e. The van der Waals surface area contributed by atoms with Gasteiger partial charge in [0.05, 0.1) is 12.2 Å². The van der Waals surface area contributed by atoms with Crippen molar-refractivity contribution in [2.75, 3.05) is 0 Å². The van der Waals surface area contributed by atoms with E-state index < -0.39 is 0 Å². The van der Waals surface area contributed by atoms with Crippen molar-refractivity contribution in [1.82, 2.24) is 0 Å². The number of unbranched alkanes of at least 4 members (excludes halogenated alkanes) is 2. The number of aliphatic hydroxyl groups excluding tert-OH is 2. The topological polar surface area (TPSA) is 40.5 Å². The lowest BCUT2D eigenvalue weighted by Crippen LogP contribution is -2.16. The Morgan fingerprint density at radius 3 is 2.17 bits per heavy atom. The quantitative estimate of drug-likeness (QED) is 0.213. The molecule has 2 fully saturated rings. The lowest BCUT2D eigenvalue weighted by Gasteiger charge is -2.28. The maximum atomic E-state index is 10.3. The molecule has 2 N–H and O–H groups in total. The molecule has 0 bridgehead atoms. The maximum absolute atomic E-state index is 10.3. The van der Waals surface area contributed by atoms with Crippen LogP contribution < -0.4 is 0 Å². The van der Waals surface area contributed by atoms with Crippen molar-refractivity contribution in [2.45, 2.75) is 141 Å². The van der Waals surface area contributed by atoms with E-state index in [4.69, 9.17) is 0 Å². The lowest BCUT2D eigenvalue weighted by atomic mass is 9.78. The summed E-state index contributed by atoms with van der Waals surface area (Å²) in [5.41, 5.74) is 1.70. The van der Waals surface area contributed by atoms with Crippen molar-refractivity contribution in [1.29, 1.82) is 0 Å². The summed E-state index contributed by atoms with van der Waals surface area (Å²) in [5.74, 6) is 3.79. The molecule has 5 unspecified atom stereocenters. The molecule has 0 heterocycles. The molecule has 174 valence electrons. The Bertz CT molecular complexity index is 495. The summed E-state index contributed by atoms with van der Waals surface area (Å²) < 4.78 is 0. The smallest absolute Gasteiger partial charge is 0.0540 e. The highest BCUT2D eigenvalue weighted by atomic mass is 16.3. The molecule has 0 amide bonds. The molecular weight excluding hydrogens is 368 g/mol. The highest BCUT2D eigenvalue weighted by molar-refractivity contribution is 5.13. The average molecular weight is 419 g/mol. The van der Waals surface area contributed by atoms with Crippen LogP contribution in [0, 0.1) is 23.7 Å². The summed E-state index contributed by atoms with van der Waals surface area (Å²) in [6, 6.07) is 0. The van der Waals surface area contributed by atoms with Crippen LogP contribution in [0.4, 0.5) is 0 Å². The van der Waals surface area contributed by atoms with Crippen LogP contribution in [0.25, 0.3) is 0 Å². The predicted octanol–water partition coefficient (Wildman–Crippen LogP) is 7.57. The molecule has 3 rings (SSSR count). The van der Waals surface area contributed by atoms with Gasteiger partial charge in [0, 0.05) is 0 Å². The van der Waals surface area contributed by atoms with Gasteiger partial charge in [-0.25, -0.2) is 0 Å². The van der Waals surface area contributed by atoms with Crippen LogP contribution in [0.3, 0.4) is 0 Å². The summed E-state index contributed by atoms with van der Waals surface area (Å²) in [4.78, 5) is 0. The Balaban J connectivity index is 1.12. The molecule has 0 spiro atoms. The van der Waals surface area contributed by atoms with Crippen molar-refractivity contribution in [2.24, 2.45) is 23.7 Å². The molecule has 0 radical (unpaired) electrons. The summed E-state index contributed by atoms with van der Waals surface area (Å²) in [6.07, 6.45) is 25.7. The van der Waals surface area contributed by atoms with Gasteiger partial charge in [-0.3, -0.25) is 0 Å². The van der Waals surface area contributed by atoms with Crippen LogP contribution >= 0.6 is 0 Å². The van der Waals surface area contributed by atoms with Gasteiger partial charge in [0.1, 0.15) is 0 Å². The molecule has 0 aromatic rings. The second kappa shape index (κ2) is 13.3. The van der Waals surface area contributed by atoms with E-state index >= 15 is 0 Å². The molecule has 2 nitrogen and oxygen atoms in total. The molecule has 5 atom stereocenters. The van der Waals surface area contributed by atoms with E-state index in [1.807, 2.05) is 0 Å². The SMILES string of the molecule is CC1CCCCC1CCCCC(O)CCCC(O)CCCCC1=CC(C2CC2)CC1.